The van der Waals surface area contributed by atoms with Crippen molar-refractivity contribution in [1.82, 2.24) is 15.1 Å². The van der Waals surface area contributed by atoms with Crippen LogP contribution in [0.25, 0.3) is 0 Å². The van der Waals surface area contributed by atoms with E-state index in [1.54, 1.807) is 0 Å². The fourth-order valence-electron chi connectivity index (χ4n) is 1.68. The average Bonchev–Trinajstić information content (AvgIpc) is 2.73. The minimum absolute atomic E-state index is 0.324. The van der Waals surface area contributed by atoms with Crippen molar-refractivity contribution in [2.24, 2.45) is 7.05 Å². The number of aromatic nitrogens is 2. The van der Waals surface area contributed by atoms with Crippen LogP contribution in [0.4, 0.5) is 0 Å². The number of aryl methyl sites for hydroxylation is 1. The van der Waals surface area contributed by atoms with E-state index >= 15 is 0 Å². The Morgan fingerprint density at radius 2 is 2.00 bits per heavy atom. The number of hydrogen-bond acceptors (Lipinski definition) is 2. The Bertz CT molecular complexity index is 476. The fraction of sp³-hybridized carbons (Fsp3) is 0.308. The first kappa shape index (κ1) is 12.3. The Morgan fingerprint density at radius 3 is 2.59 bits per heavy atom. The summed E-state index contributed by atoms with van der Waals surface area (Å²) in [4.78, 5) is 0. The van der Waals surface area contributed by atoms with Gasteiger partial charge < -0.3 is 5.32 Å². The lowest BCUT2D eigenvalue weighted by Gasteiger charge is -2.13. The number of nitrogens with zero attached hydrogens (tertiary/aromatic N) is 2. The minimum Gasteiger partial charge on any atom is -0.304 e. The third-order valence-corrected chi connectivity index (χ3v) is 3.26. The van der Waals surface area contributed by atoms with E-state index in [0.717, 1.165) is 16.7 Å². The van der Waals surface area contributed by atoms with Crippen LogP contribution in [0.2, 0.25) is 0 Å². The molecule has 0 amide bonds. The van der Waals surface area contributed by atoms with Gasteiger partial charge in [0, 0.05) is 30.3 Å². The molecule has 0 unspecified atom stereocenters. The zero-order valence-electron chi connectivity index (χ0n) is 10.0. The summed E-state index contributed by atoms with van der Waals surface area (Å²) in [6.45, 7) is 2.95. The van der Waals surface area contributed by atoms with Crippen molar-refractivity contribution >= 4 is 15.9 Å². The van der Waals surface area contributed by atoms with Crippen LogP contribution in [-0.4, -0.2) is 9.78 Å². The molecule has 0 spiro atoms. The Morgan fingerprint density at radius 1 is 1.29 bits per heavy atom. The maximum atomic E-state index is 4.34. The molecule has 0 saturated heterocycles. The van der Waals surface area contributed by atoms with Gasteiger partial charge in [0.05, 0.1) is 5.69 Å². The van der Waals surface area contributed by atoms with E-state index in [1.165, 1.54) is 5.56 Å². The molecule has 1 aromatic carbocycles. The molecule has 3 nitrogen and oxygen atoms in total. The molecule has 0 bridgehead atoms. The molecule has 0 aliphatic rings. The average molecular weight is 294 g/mol. The SMILES string of the molecule is C[C@H](NCc1ccn(C)n1)c1ccc(Br)cc1. The highest BCUT2D eigenvalue weighted by molar-refractivity contribution is 9.10. The molecule has 2 rings (SSSR count). The van der Waals surface area contributed by atoms with Gasteiger partial charge in [0.1, 0.15) is 0 Å². The zero-order chi connectivity index (χ0) is 12.3. The third-order valence-electron chi connectivity index (χ3n) is 2.73. The monoisotopic (exact) mass is 293 g/mol. The largest absolute Gasteiger partial charge is 0.304 e. The Balaban J connectivity index is 1.93. The number of benzene rings is 1. The van der Waals surface area contributed by atoms with Gasteiger partial charge in [-0.15, -0.1) is 0 Å². The van der Waals surface area contributed by atoms with E-state index in [4.69, 9.17) is 0 Å². The van der Waals surface area contributed by atoms with Crippen molar-refractivity contribution in [3.8, 4) is 0 Å². The molecule has 0 radical (unpaired) electrons. The van der Waals surface area contributed by atoms with Gasteiger partial charge in [-0.1, -0.05) is 28.1 Å². The van der Waals surface area contributed by atoms with Crippen molar-refractivity contribution in [2.45, 2.75) is 19.5 Å². The van der Waals surface area contributed by atoms with Crippen molar-refractivity contribution in [3.05, 3.63) is 52.3 Å². The second-order valence-electron chi connectivity index (χ2n) is 4.13. The second-order valence-corrected chi connectivity index (χ2v) is 5.05. The summed E-state index contributed by atoms with van der Waals surface area (Å²) < 4.78 is 2.93. The van der Waals surface area contributed by atoms with E-state index in [2.05, 4.69) is 57.5 Å². The first-order valence-electron chi connectivity index (χ1n) is 5.62. The van der Waals surface area contributed by atoms with Crippen LogP contribution < -0.4 is 5.32 Å². The molecule has 90 valence electrons. The van der Waals surface area contributed by atoms with Gasteiger partial charge in [0.2, 0.25) is 0 Å². The Labute approximate surface area is 110 Å². The Kier molecular flexibility index (Phi) is 3.97. The lowest BCUT2D eigenvalue weighted by atomic mass is 10.1. The third kappa shape index (κ3) is 3.41. The van der Waals surface area contributed by atoms with Crippen LogP contribution in [-0.2, 0) is 13.6 Å². The highest BCUT2D eigenvalue weighted by Gasteiger charge is 2.05. The molecule has 1 atom stereocenters. The normalized spacial score (nSPS) is 12.6. The van der Waals surface area contributed by atoms with Gasteiger partial charge in [-0.05, 0) is 30.7 Å². The van der Waals surface area contributed by atoms with E-state index < -0.39 is 0 Å². The molecule has 1 N–H and O–H groups in total. The molecule has 2 aromatic rings. The molecule has 17 heavy (non-hydrogen) atoms. The maximum absolute atomic E-state index is 4.34. The van der Waals surface area contributed by atoms with Crippen LogP contribution in [0.15, 0.2) is 41.0 Å². The predicted octanol–water partition coefficient (Wildman–Crippen LogP) is 3.03. The van der Waals surface area contributed by atoms with Gasteiger partial charge in [0.15, 0.2) is 0 Å². The summed E-state index contributed by atoms with van der Waals surface area (Å²) >= 11 is 3.44. The first-order chi connectivity index (χ1) is 8.15. The van der Waals surface area contributed by atoms with E-state index in [-0.39, 0.29) is 0 Å². The molecular weight excluding hydrogens is 278 g/mol. The van der Waals surface area contributed by atoms with E-state index in [0.29, 0.717) is 6.04 Å². The molecule has 0 fully saturated rings. The number of rotatable bonds is 4. The van der Waals surface area contributed by atoms with Crippen molar-refractivity contribution in [3.63, 3.8) is 0 Å². The molecule has 0 aliphatic heterocycles. The molecular formula is C13H16BrN3. The van der Waals surface area contributed by atoms with Crippen LogP contribution in [0.3, 0.4) is 0 Å². The van der Waals surface area contributed by atoms with E-state index in [1.807, 2.05) is 24.0 Å². The highest BCUT2D eigenvalue weighted by atomic mass is 79.9. The van der Waals surface area contributed by atoms with Crippen molar-refractivity contribution in [1.29, 1.82) is 0 Å². The topological polar surface area (TPSA) is 29.9 Å². The molecule has 0 aliphatic carbocycles. The number of nitrogens with one attached hydrogen (secondary N) is 1. The van der Waals surface area contributed by atoms with Crippen LogP contribution in [0.1, 0.15) is 24.2 Å². The summed E-state index contributed by atoms with van der Waals surface area (Å²) in [6, 6.07) is 10.7. The van der Waals surface area contributed by atoms with Gasteiger partial charge >= 0.3 is 0 Å². The second kappa shape index (κ2) is 5.47. The summed E-state index contributed by atoms with van der Waals surface area (Å²) in [5, 5.41) is 7.79. The summed E-state index contributed by atoms with van der Waals surface area (Å²) in [6.07, 6.45) is 1.96. The molecule has 1 heterocycles. The van der Waals surface area contributed by atoms with E-state index in [9.17, 15) is 0 Å². The summed E-state index contributed by atoms with van der Waals surface area (Å²) in [7, 11) is 1.93. The van der Waals surface area contributed by atoms with Gasteiger partial charge in [-0.25, -0.2) is 0 Å². The van der Waals surface area contributed by atoms with Crippen LogP contribution in [0, 0.1) is 0 Å². The number of halogens is 1. The van der Waals surface area contributed by atoms with Gasteiger partial charge in [0.25, 0.3) is 0 Å². The van der Waals surface area contributed by atoms with Gasteiger partial charge in [-0.2, -0.15) is 5.10 Å². The zero-order valence-corrected chi connectivity index (χ0v) is 11.6. The van der Waals surface area contributed by atoms with Crippen molar-refractivity contribution in [2.75, 3.05) is 0 Å². The highest BCUT2D eigenvalue weighted by Crippen LogP contribution is 2.16. The molecule has 4 heteroatoms. The molecule has 1 aromatic heterocycles. The summed E-state index contributed by atoms with van der Waals surface area (Å²) in [5.41, 5.74) is 2.35. The van der Waals surface area contributed by atoms with Gasteiger partial charge in [-0.3, -0.25) is 4.68 Å². The Hall–Kier alpha value is -1.13. The maximum Gasteiger partial charge on any atom is 0.0762 e. The fourth-order valence-corrected chi connectivity index (χ4v) is 1.95. The van der Waals surface area contributed by atoms with Crippen LogP contribution >= 0.6 is 15.9 Å². The predicted molar refractivity (Wildman–Crippen MR) is 72.6 cm³/mol. The van der Waals surface area contributed by atoms with Crippen molar-refractivity contribution < 1.29 is 0 Å². The lowest BCUT2D eigenvalue weighted by Crippen LogP contribution is -2.18. The number of hydrogen-bond donors (Lipinski definition) is 1. The molecule has 0 saturated carbocycles. The van der Waals surface area contributed by atoms with Crippen LogP contribution in [0.5, 0.6) is 0 Å². The smallest absolute Gasteiger partial charge is 0.0762 e. The lowest BCUT2D eigenvalue weighted by molar-refractivity contribution is 0.562. The standard InChI is InChI=1S/C13H16BrN3/c1-10(11-3-5-12(14)6-4-11)15-9-13-7-8-17(2)16-13/h3-8,10,15H,9H2,1-2H3/t10-/m0/s1. The quantitative estimate of drug-likeness (QED) is 0.939. The summed E-state index contributed by atoms with van der Waals surface area (Å²) in [5.74, 6) is 0. The first-order valence-corrected chi connectivity index (χ1v) is 6.42. The minimum atomic E-state index is 0.324.